The van der Waals surface area contributed by atoms with Crippen LogP contribution in [-0.4, -0.2) is 64.9 Å². The number of carboxylic acids is 1. The van der Waals surface area contributed by atoms with Crippen molar-refractivity contribution in [3.05, 3.63) is 35.4 Å². The summed E-state index contributed by atoms with van der Waals surface area (Å²) in [5.41, 5.74) is 0.287. The monoisotopic (exact) mass is 333 g/mol. The van der Waals surface area contributed by atoms with E-state index < -0.39 is 23.5 Å². The van der Waals surface area contributed by atoms with Crippen LogP contribution in [0, 0.1) is 5.92 Å². The highest BCUT2D eigenvalue weighted by atomic mass is 19.1. The number of aliphatic carboxylic acids is 1. The van der Waals surface area contributed by atoms with Crippen molar-refractivity contribution in [3.8, 4) is 0 Å². The fourth-order valence-corrected chi connectivity index (χ4v) is 3.71. The van der Waals surface area contributed by atoms with E-state index in [-0.39, 0.29) is 17.7 Å². The van der Waals surface area contributed by atoms with Gasteiger partial charge in [0.25, 0.3) is 0 Å². The van der Waals surface area contributed by atoms with E-state index in [2.05, 4.69) is 5.32 Å². The minimum absolute atomic E-state index is 0.244. The van der Waals surface area contributed by atoms with E-state index in [1.54, 1.807) is 0 Å². The van der Waals surface area contributed by atoms with Gasteiger partial charge in [0, 0.05) is 38.4 Å². The summed E-state index contributed by atoms with van der Waals surface area (Å²) in [7, 11) is 0. The van der Waals surface area contributed by atoms with E-state index in [4.69, 9.17) is 0 Å². The number of halogens is 1. The van der Waals surface area contributed by atoms with Crippen LogP contribution < -0.4 is 5.32 Å². The molecule has 0 aromatic carbocycles. The number of Topliss-reactive ketones (excluding diaryl/α,β-unsaturated/α-hetero) is 1. The predicted octanol–water partition coefficient (Wildman–Crippen LogP) is 0.643. The highest BCUT2D eigenvalue weighted by Gasteiger charge is 2.45. The van der Waals surface area contributed by atoms with Crippen molar-refractivity contribution in [3.63, 3.8) is 0 Å². The molecule has 6 nitrogen and oxygen atoms in total. The van der Waals surface area contributed by atoms with Crippen molar-refractivity contribution in [2.45, 2.75) is 24.9 Å². The molecule has 4 rings (SSSR count). The molecule has 1 saturated heterocycles. The van der Waals surface area contributed by atoms with E-state index in [1.807, 2.05) is 15.9 Å². The van der Waals surface area contributed by atoms with Crippen LogP contribution in [0.3, 0.4) is 0 Å². The van der Waals surface area contributed by atoms with Gasteiger partial charge in [-0.25, -0.2) is 9.18 Å². The minimum atomic E-state index is -1.24. The zero-order chi connectivity index (χ0) is 16.8. The number of hydrogen-bond acceptors (Lipinski definition) is 5. The number of rotatable bonds is 3. The Hall–Kier alpha value is -2.15. The maximum atomic E-state index is 14.6. The molecule has 2 fully saturated rings. The number of ketones is 1. The maximum Gasteiger partial charge on any atom is 0.340 e. The SMILES string of the molecule is O=C(O)C1=CN(C2CC2)C2C=C(N3CCNCC3)C(F)=CC2C1=O. The van der Waals surface area contributed by atoms with Crippen molar-refractivity contribution in [1.82, 2.24) is 15.1 Å². The summed E-state index contributed by atoms with van der Waals surface area (Å²) in [6, 6.07) is -0.0486. The molecule has 2 aliphatic heterocycles. The van der Waals surface area contributed by atoms with Crippen molar-refractivity contribution in [2.24, 2.45) is 5.92 Å². The molecular formula is C17H20FN3O3. The zero-order valence-corrected chi connectivity index (χ0v) is 13.2. The van der Waals surface area contributed by atoms with Gasteiger partial charge in [-0.2, -0.15) is 0 Å². The second kappa shape index (κ2) is 5.73. The number of nitrogens with zero attached hydrogens (tertiary/aromatic N) is 2. The van der Waals surface area contributed by atoms with Crippen molar-refractivity contribution >= 4 is 11.8 Å². The molecule has 0 amide bonds. The average Bonchev–Trinajstić information content (AvgIpc) is 3.40. The Balaban J connectivity index is 1.71. The molecule has 4 aliphatic rings. The Labute approximate surface area is 139 Å². The van der Waals surface area contributed by atoms with Crippen LogP contribution in [0.25, 0.3) is 0 Å². The number of carboxylic acid groups (broad SMARTS) is 1. The van der Waals surface area contributed by atoms with E-state index >= 15 is 0 Å². The molecule has 0 spiro atoms. The Kier molecular flexibility index (Phi) is 3.68. The second-order valence-electron chi connectivity index (χ2n) is 6.71. The van der Waals surface area contributed by atoms with Gasteiger partial charge in [-0.15, -0.1) is 0 Å². The van der Waals surface area contributed by atoms with Crippen molar-refractivity contribution in [2.75, 3.05) is 26.2 Å². The number of carbonyl (C=O) groups is 2. The Bertz CT molecular complexity index is 675. The van der Waals surface area contributed by atoms with Gasteiger partial charge in [0.15, 0.2) is 5.78 Å². The average molecular weight is 333 g/mol. The first-order valence-electron chi connectivity index (χ1n) is 8.38. The maximum absolute atomic E-state index is 14.6. The predicted molar refractivity (Wildman–Crippen MR) is 84.6 cm³/mol. The van der Waals surface area contributed by atoms with Gasteiger partial charge in [-0.05, 0) is 25.0 Å². The lowest BCUT2D eigenvalue weighted by molar-refractivity contribution is -0.136. The molecule has 2 N–H and O–H groups in total. The molecule has 2 atom stereocenters. The van der Waals surface area contributed by atoms with Crippen LogP contribution in [0.4, 0.5) is 4.39 Å². The van der Waals surface area contributed by atoms with Gasteiger partial charge in [-0.3, -0.25) is 4.79 Å². The summed E-state index contributed by atoms with van der Waals surface area (Å²) in [6.45, 7) is 3.04. The van der Waals surface area contributed by atoms with E-state index in [1.165, 1.54) is 12.3 Å². The quantitative estimate of drug-likeness (QED) is 0.739. The van der Waals surface area contributed by atoms with E-state index in [0.29, 0.717) is 5.70 Å². The standard InChI is InChI=1S/C17H20FN3O3/c18-13-7-11-14(8-15(13)20-5-3-19-4-6-20)21(10-1-2-10)9-12(16(11)22)17(23)24/h7-11,14,19H,1-6H2,(H,23,24). The summed E-state index contributed by atoms with van der Waals surface area (Å²) in [5, 5.41) is 12.5. The molecule has 0 radical (unpaired) electrons. The zero-order valence-electron chi connectivity index (χ0n) is 13.2. The number of carbonyl (C=O) groups excluding carboxylic acids is 1. The second-order valence-corrected chi connectivity index (χ2v) is 6.71. The van der Waals surface area contributed by atoms with Gasteiger partial charge in [0.2, 0.25) is 0 Å². The van der Waals surface area contributed by atoms with Gasteiger partial charge >= 0.3 is 5.97 Å². The molecule has 1 saturated carbocycles. The third-order valence-corrected chi connectivity index (χ3v) is 5.11. The summed E-state index contributed by atoms with van der Waals surface area (Å²) in [4.78, 5) is 27.8. The van der Waals surface area contributed by atoms with Crippen molar-refractivity contribution < 1.29 is 19.1 Å². The van der Waals surface area contributed by atoms with Gasteiger partial charge in [-0.1, -0.05) is 0 Å². The number of nitrogens with one attached hydrogen (secondary N) is 1. The first kappa shape index (κ1) is 15.4. The first-order valence-corrected chi connectivity index (χ1v) is 8.38. The molecule has 24 heavy (non-hydrogen) atoms. The number of hydrogen-bond donors (Lipinski definition) is 2. The number of allylic oxidation sites excluding steroid dienone is 1. The summed E-state index contributed by atoms with van der Waals surface area (Å²) in [5.74, 6) is -2.92. The number of fused-ring (bicyclic) bond motifs is 1. The Morgan fingerprint density at radius 3 is 2.58 bits per heavy atom. The lowest BCUT2D eigenvalue weighted by Crippen LogP contribution is -2.49. The van der Waals surface area contributed by atoms with Crippen LogP contribution in [0.1, 0.15) is 12.8 Å². The van der Waals surface area contributed by atoms with E-state index in [9.17, 15) is 19.1 Å². The molecule has 2 aliphatic carbocycles. The molecule has 7 heteroatoms. The topological polar surface area (TPSA) is 72.9 Å². The lowest BCUT2D eigenvalue weighted by atomic mass is 9.82. The van der Waals surface area contributed by atoms with Crippen LogP contribution >= 0.6 is 0 Å². The number of piperazine rings is 1. The fraction of sp³-hybridized carbons (Fsp3) is 0.529. The Morgan fingerprint density at radius 2 is 1.96 bits per heavy atom. The molecule has 0 aromatic heterocycles. The van der Waals surface area contributed by atoms with Gasteiger partial charge < -0.3 is 20.2 Å². The van der Waals surface area contributed by atoms with Crippen LogP contribution in [0.2, 0.25) is 0 Å². The molecule has 2 unspecified atom stereocenters. The highest BCUT2D eigenvalue weighted by Crippen LogP contribution is 2.40. The van der Waals surface area contributed by atoms with Gasteiger partial charge in [0.1, 0.15) is 11.4 Å². The third kappa shape index (κ3) is 2.53. The summed E-state index contributed by atoms with van der Waals surface area (Å²) >= 11 is 0. The smallest absolute Gasteiger partial charge is 0.340 e. The third-order valence-electron chi connectivity index (χ3n) is 5.11. The van der Waals surface area contributed by atoms with Gasteiger partial charge in [0.05, 0.1) is 17.7 Å². The van der Waals surface area contributed by atoms with Crippen molar-refractivity contribution in [1.29, 1.82) is 0 Å². The first-order chi connectivity index (χ1) is 11.6. The molecular weight excluding hydrogens is 313 g/mol. The van der Waals surface area contributed by atoms with Crippen LogP contribution in [-0.2, 0) is 9.59 Å². The summed E-state index contributed by atoms with van der Waals surface area (Å²) < 4.78 is 14.6. The normalized spacial score (nSPS) is 30.4. The fourth-order valence-electron chi connectivity index (χ4n) is 3.71. The minimum Gasteiger partial charge on any atom is -0.478 e. The summed E-state index contributed by atoms with van der Waals surface area (Å²) in [6.07, 6.45) is 6.55. The van der Waals surface area contributed by atoms with Crippen LogP contribution in [0.15, 0.2) is 35.4 Å². The molecule has 2 heterocycles. The molecule has 128 valence electrons. The molecule has 0 bridgehead atoms. The largest absolute Gasteiger partial charge is 0.478 e. The molecule has 0 aromatic rings. The lowest BCUT2D eigenvalue weighted by Gasteiger charge is -2.41. The highest BCUT2D eigenvalue weighted by molar-refractivity contribution is 6.18. The Morgan fingerprint density at radius 1 is 1.25 bits per heavy atom. The van der Waals surface area contributed by atoms with Crippen LogP contribution in [0.5, 0.6) is 0 Å². The van der Waals surface area contributed by atoms with E-state index in [0.717, 1.165) is 39.0 Å².